The van der Waals surface area contributed by atoms with Gasteiger partial charge >= 0.3 is 18.0 Å². The van der Waals surface area contributed by atoms with E-state index < -0.39 is 46.7 Å². The Morgan fingerprint density at radius 3 is 2.00 bits per heavy atom. The number of nitrogens with two attached hydrogens (primary N) is 1. The molecular formula is C20H28F2N2O5S. The molecule has 0 unspecified atom stereocenters. The third kappa shape index (κ3) is 10.8. The lowest BCUT2D eigenvalue weighted by molar-refractivity contribution is -0.161. The Balaban J connectivity index is 0.000000642. The van der Waals surface area contributed by atoms with Crippen molar-refractivity contribution in [1.82, 2.24) is 5.32 Å². The monoisotopic (exact) mass is 446 g/mol. The molecule has 1 aromatic rings. The first-order valence-corrected chi connectivity index (χ1v) is 9.31. The summed E-state index contributed by atoms with van der Waals surface area (Å²) in [5.41, 5.74) is 3.78. The van der Waals surface area contributed by atoms with Crippen LogP contribution in [0.5, 0.6) is 0 Å². The van der Waals surface area contributed by atoms with Gasteiger partial charge in [-0.1, -0.05) is 33.0 Å². The maximum atomic E-state index is 12.7. The van der Waals surface area contributed by atoms with Gasteiger partial charge in [0.2, 0.25) is 0 Å². The fourth-order valence-corrected chi connectivity index (χ4v) is 2.10. The molecule has 1 amide bonds. The van der Waals surface area contributed by atoms with Crippen LogP contribution in [0.1, 0.15) is 54.0 Å². The summed E-state index contributed by atoms with van der Waals surface area (Å²) in [6.45, 7) is 11.5. The van der Waals surface area contributed by atoms with Gasteiger partial charge in [-0.15, -0.1) is 0 Å². The molecule has 30 heavy (non-hydrogen) atoms. The predicted octanol–water partition coefficient (Wildman–Crippen LogP) is 3.61. The molecule has 0 fully saturated rings. The highest BCUT2D eigenvalue weighted by Gasteiger charge is 2.36. The summed E-state index contributed by atoms with van der Waals surface area (Å²) >= 11 is 4.48. The zero-order valence-electron chi connectivity index (χ0n) is 18.1. The van der Waals surface area contributed by atoms with Crippen molar-refractivity contribution < 1.29 is 32.6 Å². The zero-order valence-corrected chi connectivity index (χ0v) is 18.9. The first kappa shape index (κ1) is 27.4. The highest BCUT2D eigenvalue weighted by Crippen LogP contribution is 2.21. The summed E-state index contributed by atoms with van der Waals surface area (Å²) in [5.74, 6) is -2.66. The lowest BCUT2D eigenvalue weighted by Gasteiger charge is -2.30. The number of carbonyl (C=O) groups is 3. The van der Waals surface area contributed by atoms with Crippen molar-refractivity contribution in [1.29, 1.82) is 0 Å². The number of rotatable bonds is 3. The topological polar surface area (TPSA) is 108 Å². The molecule has 0 bridgehead atoms. The molecule has 0 radical (unpaired) electrons. The molecule has 0 spiro atoms. The summed E-state index contributed by atoms with van der Waals surface area (Å²) < 4.78 is 34.7. The van der Waals surface area contributed by atoms with E-state index in [2.05, 4.69) is 22.3 Å². The van der Waals surface area contributed by atoms with Crippen molar-refractivity contribution >= 4 is 35.2 Å². The van der Waals surface area contributed by atoms with Crippen LogP contribution in [0.4, 0.5) is 13.6 Å². The Morgan fingerprint density at radius 2 is 1.63 bits per heavy atom. The minimum atomic E-state index is -0.966. The van der Waals surface area contributed by atoms with Crippen molar-refractivity contribution in [2.45, 2.75) is 60.1 Å². The Bertz CT molecular complexity index is 801. The number of esters is 2. The Morgan fingerprint density at radius 1 is 1.10 bits per heavy atom. The molecule has 0 saturated heterocycles. The molecule has 0 saturated carbocycles. The third-order valence-electron chi connectivity index (χ3n) is 3.20. The molecule has 1 aromatic carbocycles. The van der Waals surface area contributed by atoms with E-state index in [9.17, 15) is 23.2 Å². The van der Waals surface area contributed by atoms with Crippen LogP contribution in [-0.2, 0) is 19.1 Å². The minimum absolute atomic E-state index is 0.0556. The Hall–Kier alpha value is -2.62. The first-order chi connectivity index (χ1) is 13.4. The molecule has 10 heteroatoms. The molecule has 0 aliphatic heterocycles. The van der Waals surface area contributed by atoms with E-state index in [4.69, 9.17) is 10.5 Å². The van der Waals surface area contributed by atoms with Crippen molar-refractivity contribution in [3.05, 3.63) is 35.4 Å². The van der Waals surface area contributed by atoms with E-state index in [1.54, 1.807) is 41.5 Å². The van der Waals surface area contributed by atoms with Crippen LogP contribution in [0.3, 0.4) is 0 Å². The van der Waals surface area contributed by atoms with Crippen LogP contribution in [-0.4, -0.2) is 34.7 Å². The second kappa shape index (κ2) is 11.0. The van der Waals surface area contributed by atoms with E-state index in [0.29, 0.717) is 0 Å². The number of carbonyl (C=O) groups excluding carboxylic acids is 3. The van der Waals surface area contributed by atoms with Crippen LogP contribution in [0.15, 0.2) is 18.2 Å². The Kier molecular flexibility index (Phi) is 10.0. The van der Waals surface area contributed by atoms with E-state index in [1.165, 1.54) is 0 Å². The third-order valence-corrected chi connectivity index (χ3v) is 3.42. The number of nitrogens with one attached hydrogen (secondary N) is 1. The molecule has 0 aliphatic carbocycles. The highest BCUT2D eigenvalue weighted by molar-refractivity contribution is 7.80. The van der Waals surface area contributed by atoms with Gasteiger partial charge in [0.05, 0.1) is 0 Å². The van der Waals surface area contributed by atoms with Crippen LogP contribution in [0.25, 0.3) is 0 Å². The summed E-state index contributed by atoms with van der Waals surface area (Å²) in [5, 5.41) is 2.43. The van der Waals surface area contributed by atoms with E-state index in [1.807, 2.05) is 0 Å². The van der Waals surface area contributed by atoms with Crippen LogP contribution in [0.2, 0.25) is 0 Å². The van der Waals surface area contributed by atoms with Crippen LogP contribution in [0, 0.1) is 17.0 Å². The number of thiocarbonyl (C=S) groups is 1. The molecule has 1 rings (SSSR count). The van der Waals surface area contributed by atoms with Gasteiger partial charge in [0.1, 0.15) is 28.3 Å². The molecule has 0 heterocycles. The maximum absolute atomic E-state index is 12.7. The van der Waals surface area contributed by atoms with Crippen molar-refractivity contribution in [2.75, 3.05) is 0 Å². The molecule has 1 atom stereocenters. The standard InChI is InChI=1S/C13H23NO5.C7H5F2NS/c1-8(15)18-10(16)9(12(2,3)4)14-11(17)19-13(5,6)7;8-4-1-2-6(9)5(3-4)7(10)11/h9H,1-7H3,(H,14,17);1-3H,(H2,10,11)/t9-;/m0./s1. The molecule has 3 N–H and O–H groups in total. The second-order valence-electron chi connectivity index (χ2n) is 8.35. The normalized spacial score (nSPS) is 12.0. The predicted molar refractivity (Wildman–Crippen MR) is 112 cm³/mol. The molecule has 0 aliphatic rings. The average Bonchev–Trinajstić information content (AvgIpc) is 2.52. The second-order valence-corrected chi connectivity index (χ2v) is 8.79. The van der Waals surface area contributed by atoms with Gasteiger partial charge in [-0.3, -0.25) is 4.79 Å². The summed E-state index contributed by atoms with van der Waals surface area (Å²) in [6, 6.07) is 2.00. The first-order valence-electron chi connectivity index (χ1n) is 8.90. The van der Waals surface area contributed by atoms with Gasteiger partial charge in [-0.05, 0) is 44.4 Å². The quantitative estimate of drug-likeness (QED) is 0.415. The highest BCUT2D eigenvalue weighted by atomic mass is 32.1. The number of halogens is 2. The minimum Gasteiger partial charge on any atom is -0.444 e. The lowest BCUT2D eigenvalue weighted by Crippen LogP contribution is -2.51. The van der Waals surface area contributed by atoms with Crippen LogP contribution < -0.4 is 11.1 Å². The van der Waals surface area contributed by atoms with Gasteiger partial charge in [0, 0.05) is 12.5 Å². The number of amides is 1. The van der Waals surface area contributed by atoms with Crippen molar-refractivity contribution in [3.63, 3.8) is 0 Å². The van der Waals surface area contributed by atoms with Gasteiger partial charge in [0.15, 0.2) is 0 Å². The lowest BCUT2D eigenvalue weighted by atomic mass is 9.87. The van der Waals surface area contributed by atoms with Gasteiger partial charge in [-0.25, -0.2) is 18.4 Å². The van der Waals surface area contributed by atoms with Gasteiger partial charge in [0.25, 0.3) is 0 Å². The van der Waals surface area contributed by atoms with Crippen LogP contribution >= 0.6 is 12.2 Å². The van der Waals surface area contributed by atoms with E-state index >= 15 is 0 Å². The van der Waals surface area contributed by atoms with E-state index in [-0.39, 0.29) is 10.6 Å². The average molecular weight is 447 g/mol. The maximum Gasteiger partial charge on any atom is 0.408 e. The Labute approximate surface area is 180 Å². The molecular weight excluding hydrogens is 418 g/mol. The summed E-state index contributed by atoms with van der Waals surface area (Å²) in [6.07, 6.45) is -0.729. The summed E-state index contributed by atoms with van der Waals surface area (Å²) in [4.78, 5) is 34.1. The van der Waals surface area contributed by atoms with Gasteiger partial charge in [-0.2, -0.15) is 0 Å². The smallest absolute Gasteiger partial charge is 0.408 e. The van der Waals surface area contributed by atoms with E-state index in [0.717, 1.165) is 25.1 Å². The molecule has 7 nitrogen and oxygen atoms in total. The largest absolute Gasteiger partial charge is 0.444 e. The number of ether oxygens (including phenoxy) is 2. The summed E-state index contributed by atoms with van der Waals surface area (Å²) in [7, 11) is 0. The molecule has 0 aromatic heterocycles. The zero-order chi connectivity index (χ0) is 23.9. The number of hydrogen-bond acceptors (Lipinski definition) is 6. The van der Waals surface area contributed by atoms with Crippen molar-refractivity contribution in [2.24, 2.45) is 11.1 Å². The SMILES string of the molecule is CC(=O)OC(=O)[C@H](NC(=O)OC(C)(C)C)C(C)(C)C.NC(=S)c1cc(F)ccc1F. The van der Waals surface area contributed by atoms with Gasteiger partial charge < -0.3 is 20.5 Å². The number of alkyl carbamates (subject to hydrolysis) is 1. The van der Waals surface area contributed by atoms with Crippen molar-refractivity contribution in [3.8, 4) is 0 Å². The fraction of sp³-hybridized carbons (Fsp3) is 0.500. The molecule has 168 valence electrons. The fourth-order valence-electron chi connectivity index (χ4n) is 1.94. The number of benzene rings is 1. The number of hydrogen-bond donors (Lipinski definition) is 2.